The third kappa shape index (κ3) is 2.18. The summed E-state index contributed by atoms with van der Waals surface area (Å²) < 4.78 is 1.60. The third-order valence-electron chi connectivity index (χ3n) is 2.45. The van der Waals surface area contributed by atoms with E-state index in [1.165, 1.54) is 0 Å². The van der Waals surface area contributed by atoms with Crippen LogP contribution >= 0.6 is 0 Å². The predicted molar refractivity (Wildman–Crippen MR) is 63.9 cm³/mol. The second kappa shape index (κ2) is 4.53. The molecular formula is C11H12N6. The van der Waals surface area contributed by atoms with Gasteiger partial charge >= 0.3 is 0 Å². The molecular weight excluding hydrogens is 216 g/mol. The molecule has 2 heterocycles. The van der Waals surface area contributed by atoms with Crippen LogP contribution in [-0.4, -0.2) is 14.8 Å². The summed E-state index contributed by atoms with van der Waals surface area (Å²) >= 11 is 0. The van der Waals surface area contributed by atoms with Crippen LogP contribution in [0.25, 0.3) is 0 Å². The van der Waals surface area contributed by atoms with Crippen molar-refractivity contribution in [2.75, 3.05) is 11.1 Å². The minimum absolute atomic E-state index is 0.370. The lowest BCUT2D eigenvalue weighted by Gasteiger charge is -2.06. The molecule has 0 aliphatic carbocycles. The van der Waals surface area contributed by atoms with E-state index in [1.54, 1.807) is 36.3 Å². The smallest absolute Gasteiger partial charge is 0.163 e. The number of aryl methyl sites for hydroxylation is 1. The van der Waals surface area contributed by atoms with Gasteiger partial charge in [0.1, 0.15) is 11.9 Å². The highest BCUT2D eigenvalue weighted by Gasteiger charge is 2.06. The first kappa shape index (κ1) is 11.0. The van der Waals surface area contributed by atoms with Crippen molar-refractivity contribution in [1.29, 1.82) is 5.26 Å². The Kier molecular flexibility index (Phi) is 2.92. The molecule has 0 fully saturated rings. The molecule has 0 unspecified atom stereocenters. The summed E-state index contributed by atoms with van der Waals surface area (Å²) in [5, 5.41) is 16.0. The number of rotatable bonds is 3. The summed E-state index contributed by atoms with van der Waals surface area (Å²) in [4.78, 5) is 3.96. The molecule has 6 heteroatoms. The minimum Gasteiger partial charge on any atom is -0.384 e. The quantitative estimate of drug-likeness (QED) is 0.813. The summed E-state index contributed by atoms with van der Waals surface area (Å²) in [5.41, 5.74) is 7.77. The maximum atomic E-state index is 8.88. The maximum absolute atomic E-state index is 8.88. The maximum Gasteiger partial charge on any atom is 0.163 e. The fourth-order valence-corrected chi connectivity index (χ4v) is 1.46. The van der Waals surface area contributed by atoms with Crippen molar-refractivity contribution < 1.29 is 0 Å². The number of hydrogen-bond donors (Lipinski definition) is 2. The van der Waals surface area contributed by atoms with Crippen LogP contribution in [0.1, 0.15) is 11.3 Å². The molecule has 0 bridgehead atoms. The van der Waals surface area contributed by atoms with Gasteiger partial charge in [-0.15, -0.1) is 0 Å². The average Bonchev–Trinajstić information content (AvgIpc) is 2.68. The highest BCUT2D eigenvalue weighted by molar-refractivity contribution is 5.54. The van der Waals surface area contributed by atoms with E-state index in [0.29, 0.717) is 23.7 Å². The number of nitrogens with two attached hydrogens (primary N) is 1. The van der Waals surface area contributed by atoms with Gasteiger partial charge in [-0.2, -0.15) is 10.4 Å². The molecule has 0 atom stereocenters. The van der Waals surface area contributed by atoms with Crippen LogP contribution in [0.2, 0.25) is 0 Å². The number of hydrogen-bond acceptors (Lipinski definition) is 5. The standard InChI is InChI=1S/C11H12N6/c1-17-11(13)8(7-16-17)6-15-9-3-2-4-14-10(9)5-12/h2-4,7,15H,6,13H2,1H3. The van der Waals surface area contributed by atoms with Gasteiger partial charge in [0.2, 0.25) is 0 Å². The van der Waals surface area contributed by atoms with E-state index in [4.69, 9.17) is 11.0 Å². The highest BCUT2D eigenvalue weighted by Crippen LogP contribution is 2.15. The fourth-order valence-electron chi connectivity index (χ4n) is 1.46. The third-order valence-corrected chi connectivity index (χ3v) is 2.45. The van der Waals surface area contributed by atoms with Gasteiger partial charge in [0.05, 0.1) is 11.9 Å². The van der Waals surface area contributed by atoms with Crippen LogP contribution in [0.15, 0.2) is 24.5 Å². The van der Waals surface area contributed by atoms with Crippen molar-refractivity contribution in [3.63, 3.8) is 0 Å². The summed E-state index contributed by atoms with van der Waals surface area (Å²) in [6.07, 6.45) is 3.28. The Morgan fingerprint density at radius 3 is 3.06 bits per heavy atom. The van der Waals surface area contributed by atoms with Crippen molar-refractivity contribution in [1.82, 2.24) is 14.8 Å². The molecule has 3 N–H and O–H groups in total. The molecule has 2 aromatic heterocycles. The van der Waals surface area contributed by atoms with Gasteiger partial charge in [0, 0.05) is 25.4 Å². The van der Waals surface area contributed by atoms with E-state index in [0.717, 1.165) is 5.56 Å². The Morgan fingerprint density at radius 1 is 1.59 bits per heavy atom. The number of anilines is 2. The zero-order valence-electron chi connectivity index (χ0n) is 9.38. The molecule has 17 heavy (non-hydrogen) atoms. The molecule has 0 aliphatic heterocycles. The average molecular weight is 228 g/mol. The predicted octanol–water partition coefficient (Wildman–Crippen LogP) is 0.881. The van der Waals surface area contributed by atoms with Crippen LogP contribution in [0, 0.1) is 11.3 Å². The van der Waals surface area contributed by atoms with Crippen molar-refractivity contribution in [2.24, 2.45) is 7.05 Å². The molecule has 0 aromatic carbocycles. The second-order valence-electron chi connectivity index (χ2n) is 3.54. The molecule has 86 valence electrons. The Morgan fingerprint density at radius 2 is 2.41 bits per heavy atom. The Balaban J connectivity index is 2.13. The first-order valence-electron chi connectivity index (χ1n) is 5.07. The fraction of sp³-hybridized carbons (Fsp3) is 0.182. The number of nitrogen functional groups attached to an aromatic ring is 1. The lowest BCUT2D eigenvalue weighted by molar-refractivity contribution is 0.778. The van der Waals surface area contributed by atoms with E-state index in [9.17, 15) is 0 Å². The Labute approximate surface area is 98.7 Å². The van der Waals surface area contributed by atoms with Crippen LogP contribution < -0.4 is 11.1 Å². The summed E-state index contributed by atoms with van der Waals surface area (Å²) in [6, 6.07) is 5.60. The van der Waals surface area contributed by atoms with E-state index in [-0.39, 0.29) is 0 Å². The van der Waals surface area contributed by atoms with Crippen molar-refractivity contribution in [3.05, 3.63) is 35.8 Å². The minimum atomic E-state index is 0.370. The molecule has 2 aromatic rings. The molecule has 0 amide bonds. The van der Waals surface area contributed by atoms with Crippen molar-refractivity contribution >= 4 is 11.5 Å². The number of pyridine rings is 1. The monoisotopic (exact) mass is 228 g/mol. The largest absolute Gasteiger partial charge is 0.384 e. The van der Waals surface area contributed by atoms with Gasteiger partial charge in [0.25, 0.3) is 0 Å². The molecule has 0 radical (unpaired) electrons. The highest BCUT2D eigenvalue weighted by atomic mass is 15.3. The van der Waals surface area contributed by atoms with E-state index >= 15 is 0 Å². The lowest BCUT2D eigenvalue weighted by atomic mass is 10.2. The van der Waals surface area contributed by atoms with Crippen LogP contribution in [0.4, 0.5) is 11.5 Å². The summed E-state index contributed by atoms with van der Waals surface area (Å²) in [6.45, 7) is 0.514. The van der Waals surface area contributed by atoms with Crippen LogP contribution in [0.5, 0.6) is 0 Å². The number of nitrogens with one attached hydrogen (secondary N) is 1. The Bertz CT molecular complexity index is 566. The molecule has 0 saturated carbocycles. The topological polar surface area (TPSA) is 92.5 Å². The van der Waals surface area contributed by atoms with Crippen molar-refractivity contribution in [3.8, 4) is 6.07 Å². The molecule has 0 saturated heterocycles. The van der Waals surface area contributed by atoms with Gasteiger partial charge in [-0.3, -0.25) is 4.68 Å². The van der Waals surface area contributed by atoms with Gasteiger partial charge in [-0.05, 0) is 12.1 Å². The van der Waals surface area contributed by atoms with Crippen LogP contribution in [-0.2, 0) is 13.6 Å². The van der Waals surface area contributed by atoms with Gasteiger partial charge in [-0.1, -0.05) is 0 Å². The molecule has 0 aliphatic rings. The molecule has 2 rings (SSSR count). The molecule has 6 nitrogen and oxygen atoms in total. The Hall–Kier alpha value is -2.55. The zero-order chi connectivity index (χ0) is 12.3. The number of nitrogens with zero attached hydrogens (tertiary/aromatic N) is 4. The number of aromatic nitrogens is 3. The first-order chi connectivity index (χ1) is 8.22. The number of nitriles is 1. The van der Waals surface area contributed by atoms with Gasteiger partial charge in [-0.25, -0.2) is 4.98 Å². The van der Waals surface area contributed by atoms with Gasteiger partial charge < -0.3 is 11.1 Å². The summed E-state index contributed by atoms with van der Waals surface area (Å²) in [5.74, 6) is 0.611. The van der Waals surface area contributed by atoms with Gasteiger partial charge in [0.15, 0.2) is 5.69 Å². The van der Waals surface area contributed by atoms with Crippen molar-refractivity contribution in [2.45, 2.75) is 6.54 Å². The lowest BCUT2D eigenvalue weighted by Crippen LogP contribution is -2.05. The normalized spacial score (nSPS) is 9.88. The van der Waals surface area contributed by atoms with Crippen LogP contribution in [0.3, 0.4) is 0 Å². The SMILES string of the molecule is Cn1ncc(CNc2cccnc2C#N)c1N. The second-order valence-corrected chi connectivity index (χ2v) is 3.54. The van der Waals surface area contributed by atoms with E-state index in [2.05, 4.69) is 15.4 Å². The zero-order valence-corrected chi connectivity index (χ0v) is 9.38. The molecule has 0 spiro atoms. The first-order valence-corrected chi connectivity index (χ1v) is 5.07. The van der Waals surface area contributed by atoms with E-state index < -0.39 is 0 Å². The summed E-state index contributed by atoms with van der Waals surface area (Å²) in [7, 11) is 1.78. The van der Waals surface area contributed by atoms with E-state index in [1.807, 2.05) is 6.07 Å².